The standard InChI is InChI=1S/C20H20N4O/c25-20(17-14-22-24(15-17)18-8-2-1-3-9-18)23-12-5-4-10-19(23)16-7-6-11-21-13-16/h1-3,6-9,11,13-15,19H,4-5,10,12H2/t19-/m1/s1. The number of amides is 1. The van der Waals surface area contributed by atoms with Crippen LogP contribution in [0.4, 0.5) is 0 Å². The average molecular weight is 332 g/mol. The summed E-state index contributed by atoms with van der Waals surface area (Å²) in [5, 5.41) is 4.36. The van der Waals surface area contributed by atoms with E-state index >= 15 is 0 Å². The molecule has 0 aliphatic carbocycles. The first-order valence-corrected chi connectivity index (χ1v) is 8.64. The average Bonchev–Trinajstić information content (AvgIpc) is 3.19. The number of nitrogens with zero attached hydrogens (tertiary/aromatic N) is 4. The van der Waals surface area contributed by atoms with E-state index in [9.17, 15) is 4.79 Å². The quantitative estimate of drug-likeness (QED) is 0.736. The second-order valence-electron chi connectivity index (χ2n) is 6.31. The van der Waals surface area contributed by atoms with Crippen molar-refractivity contribution in [2.45, 2.75) is 25.3 Å². The van der Waals surface area contributed by atoms with Gasteiger partial charge in [0.1, 0.15) is 0 Å². The molecular weight excluding hydrogens is 312 g/mol. The minimum absolute atomic E-state index is 0.0377. The topological polar surface area (TPSA) is 51.0 Å². The molecule has 0 radical (unpaired) electrons. The van der Waals surface area contributed by atoms with Crippen LogP contribution in [0.5, 0.6) is 0 Å². The molecule has 0 N–H and O–H groups in total. The van der Waals surface area contributed by atoms with Gasteiger partial charge in [-0.3, -0.25) is 9.78 Å². The summed E-state index contributed by atoms with van der Waals surface area (Å²) < 4.78 is 1.75. The Morgan fingerprint density at radius 3 is 2.72 bits per heavy atom. The van der Waals surface area contributed by atoms with E-state index in [0.29, 0.717) is 5.56 Å². The van der Waals surface area contributed by atoms with Gasteiger partial charge in [-0.15, -0.1) is 0 Å². The monoisotopic (exact) mass is 332 g/mol. The fourth-order valence-corrected chi connectivity index (χ4v) is 3.42. The SMILES string of the molecule is O=C(c1cnn(-c2ccccc2)c1)N1CCCC[C@@H]1c1cccnc1. The molecule has 4 rings (SSSR count). The van der Waals surface area contributed by atoms with Crippen molar-refractivity contribution in [2.75, 3.05) is 6.54 Å². The summed E-state index contributed by atoms with van der Waals surface area (Å²) in [7, 11) is 0. The number of likely N-dealkylation sites (tertiary alicyclic amines) is 1. The van der Waals surface area contributed by atoms with Crippen LogP contribution in [0.2, 0.25) is 0 Å². The summed E-state index contributed by atoms with van der Waals surface area (Å²) in [5.41, 5.74) is 2.68. The number of pyridine rings is 1. The molecule has 0 unspecified atom stereocenters. The van der Waals surface area contributed by atoms with Gasteiger partial charge in [-0.05, 0) is 43.0 Å². The predicted molar refractivity (Wildman–Crippen MR) is 95.4 cm³/mol. The summed E-state index contributed by atoms with van der Waals surface area (Å²) in [5.74, 6) is 0.0377. The minimum atomic E-state index is 0.0377. The lowest BCUT2D eigenvalue weighted by Gasteiger charge is -2.35. The van der Waals surface area contributed by atoms with Crippen LogP contribution in [0, 0.1) is 0 Å². The van der Waals surface area contributed by atoms with Gasteiger partial charge >= 0.3 is 0 Å². The molecule has 0 saturated carbocycles. The fourth-order valence-electron chi connectivity index (χ4n) is 3.42. The van der Waals surface area contributed by atoms with Crippen LogP contribution < -0.4 is 0 Å². The second-order valence-corrected chi connectivity index (χ2v) is 6.31. The van der Waals surface area contributed by atoms with Gasteiger partial charge in [0.15, 0.2) is 0 Å². The zero-order chi connectivity index (χ0) is 17.1. The first-order chi connectivity index (χ1) is 12.3. The number of carbonyl (C=O) groups excluding carboxylic acids is 1. The Labute approximate surface area is 146 Å². The van der Waals surface area contributed by atoms with E-state index in [1.54, 1.807) is 17.1 Å². The molecule has 3 heterocycles. The van der Waals surface area contributed by atoms with E-state index < -0.39 is 0 Å². The molecule has 3 aromatic rings. The van der Waals surface area contributed by atoms with E-state index in [0.717, 1.165) is 37.1 Å². The third kappa shape index (κ3) is 3.18. The maximum Gasteiger partial charge on any atom is 0.257 e. The first-order valence-electron chi connectivity index (χ1n) is 8.64. The van der Waals surface area contributed by atoms with E-state index in [2.05, 4.69) is 16.1 Å². The summed E-state index contributed by atoms with van der Waals surface area (Å²) in [4.78, 5) is 19.3. The highest BCUT2D eigenvalue weighted by molar-refractivity contribution is 5.94. The Kier molecular flexibility index (Phi) is 4.29. The van der Waals surface area contributed by atoms with Crippen LogP contribution in [0.15, 0.2) is 67.3 Å². The van der Waals surface area contributed by atoms with E-state index in [1.165, 1.54) is 0 Å². The number of hydrogen-bond acceptors (Lipinski definition) is 3. The van der Waals surface area contributed by atoms with Gasteiger partial charge in [0.05, 0.1) is 23.5 Å². The van der Waals surface area contributed by atoms with Crippen LogP contribution >= 0.6 is 0 Å². The van der Waals surface area contributed by atoms with Crippen LogP contribution in [0.25, 0.3) is 5.69 Å². The molecule has 5 nitrogen and oxygen atoms in total. The summed E-state index contributed by atoms with van der Waals surface area (Å²) in [6.45, 7) is 0.773. The van der Waals surface area contributed by atoms with Crippen LogP contribution in [0.3, 0.4) is 0 Å². The molecule has 1 atom stereocenters. The molecule has 25 heavy (non-hydrogen) atoms. The lowest BCUT2D eigenvalue weighted by Crippen LogP contribution is -2.38. The number of carbonyl (C=O) groups is 1. The molecule has 126 valence electrons. The Balaban J connectivity index is 1.60. The Hall–Kier alpha value is -2.95. The van der Waals surface area contributed by atoms with Crippen molar-refractivity contribution in [3.8, 4) is 5.69 Å². The third-order valence-corrected chi connectivity index (χ3v) is 4.68. The summed E-state index contributed by atoms with van der Waals surface area (Å²) >= 11 is 0. The summed E-state index contributed by atoms with van der Waals surface area (Å²) in [6.07, 6.45) is 10.2. The van der Waals surface area contributed by atoms with E-state index in [4.69, 9.17) is 0 Å². The van der Waals surface area contributed by atoms with Crippen molar-refractivity contribution < 1.29 is 4.79 Å². The maximum absolute atomic E-state index is 13.1. The molecule has 2 aromatic heterocycles. The molecule has 1 amide bonds. The number of aromatic nitrogens is 3. The van der Waals surface area contributed by atoms with Crippen LogP contribution in [-0.4, -0.2) is 32.1 Å². The van der Waals surface area contributed by atoms with E-state index in [-0.39, 0.29) is 11.9 Å². The minimum Gasteiger partial charge on any atom is -0.331 e. The normalized spacial score (nSPS) is 17.4. The highest BCUT2D eigenvalue weighted by Gasteiger charge is 2.29. The highest BCUT2D eigenvalue weighted by atomic mass is 16.2. The van der Waals surface area contributed by atoms with Crippen molar-refractivity contribution in [2.24, 2.45) is 0 Å². The van der Waals surface area contributed by atoms with Gasteiger partial charge in [0.25, 0.3) is 5.91 Å². The fraction of sp³-hybridized carbons (Fsp3) is 0.250. The van der Waals surface area contributed by atoms with Crippen LogP contribution in [-0.2, 0) is 0 Å². The zero-order valence-corrected chi connectivity index (χ0v) is 14.0. The van der Waals surface area contributed by atoms with E-state index in [1.807, 2.05) is 53.7 Å². The molecule has 1 saturated heterocycles. The molecule has 1 aliphatic heterocycles. The van der Waals surface area contributed by atoms with Crippen molar-refractivity contribution in [3.63, 3.8) is 0 Å². The van der Waals surface area contributed by atoms with Gasteiger partial charge in [-0.1, -0.05) is 24.3 Å². The van der Waals surface area contributed by atoms with Gasteiger partial charge in [0.2, 0.25) is 0 Å². The highest BCUT2D eigenvalue weighted by Crippen LogP contribution is 2.31. The second kappa shape index (κ2) is 6.89. The molecule has 1 aromatic carbocycles. The molecule has 1 fully saturated rings. The van der Waals surface area contributed by atoms with Crippen molar-refractivity contribution in [1.82, 2.24) is 19.7 Å². The number of benzene rings is 1. The molecule has 0 spiro atoms. The van der Waals surface area contributed by atoms with Gasteiger partial charge < -0.3 is 4.90 Å². The molecule has 5 heteroatoms. The van der Waals surface area contributed by atoms with Crippen molar-refractivity contribution in [3.05, 3.63) is 78.4 Å². The molecule has 1 aliphatic rings. The number of rotatable bonds is 3. The van der Waals surface area contributed by atoms with Crippen LogP contribution in [0.1, 0.15) is 41.2 Å². The third-order valence-electron chi connectivity index (χ3n) is 4.68. The largest absolute Gasteiger partial charge is 0.331 e. The maximum atomic E-state index is 13.1. The van der Waals surface area contributed by atoms with Crippen molar-refractivity contribution >= 4 is 5.91 Å². The molecular formula is C20H20N4O. The Bertz CT molecular complexity index is 844. The lowest BCUT2D eigenvalue weighted by atomic mass is 9.96. The number of hydrogen-bond donors (Lipinski definition) is 0. The lowest BCUT2D eigenvalue weighted by molar-refractivity contribution is 0.0611. The smallest absolute Gasteiger partial charge is 0.257 e. The number of para-hydroxylation sites is 1. The molecule has 0 bridgehead atoms. The van der Waals surface area contributed by atoms with Gasteiger partial charge in [0, 0.05) is 25.1 Å². The van der Waals surface area contributed by atoms with Crippen molar-refractivity contribution in [1.29, 1.82) is 0 Å². The van der Waals surface area contributed by atoms with Gasteiger partial charge in [-0.25, -0.2) is 4.68 Å². The van der Waals surface area contributed by atoms with Gasteiger partial charge in [-0.2, -0.15) is 5.10 Å². The summed E-state index contributed by atoms with van der Waals surface area (Å²) in [6, 6.07) is 13.9. The number of piperidine rings is 1. The first kappa shape index (κ1) is 15.6. The Morgan fingerprint density at radius 1 is 1.04 bits per heavy atom. The zero-order valence-electron chi connectivity index (χ0n) is 14.0. The predicted octanol–water partition coefficient (Wildman–Crippen LogP) is 3.63. The Morgan fingerprint density at radius 2 is 1.92 bits per heavy atom.